The monoisotopic (exact) mass is 299 g/mol. The number of rotatable bonds is 9. The first-order valence-corrected chi connectivity index (χ1v) is 8.34. The van der Waals surface area contributed by atoms with Gasteiger partial charge in [0.2, 0.25) is 0 Å². The Balaban J connectivity index is 1.95. The fourth-order valence-corrected chi connectivity index (χ4v) is 2.80. The summed E-state index contributed by atoms with van der Waals surface area (Å²) in [5, 5.41) is 10.1. The number of aromatic nitrogens is 1. The van der Waals surface area contributed by atoms with Crippen LogP contribution >= 0.6 is 0 Å². The van der Waals surface area contributed by atoms with Gasteiger partial charge in [0.05, 0.1) is 11.1 Å². The fourth-order valence-electron chi connectivity index (χ4n) is 2.80. The minimum absolute atomic E-state index is 0.364. The molecule has 0 radical (unpaired) electrons. The van der Waals surface area contributed by atoms with Crippen molar-refractivity contribution in [3.63, 3.8) is 0 Å². The summed E-state index contributed by atoms with van der Waals surface area (Å²) in [5.74, 6) is -0.876. The Bertz CT molecular complexity index is 622. The number of para-hydroxylation sites is 1. The van der Waals surface area contributed by atoms with Crippen molar-refractivity contribution in [1.29, 1.82) is 0 Å². The number of carboxylic acid groups (broad SMARTS) is 1. The number of aryl methyl sites for hydroxylation is 1. The molecule has 1 aromatic heterocycles. The number of hydrogen-bond acceptors (Lipinski definition) is 2. The first kappa shape index (κ1) is 16.5. The van der Waals surface area contributed by atoms with E-state index in [0.29, 0.717) is 5.56 Å². The number of nitrogens with zero attached hydrogens (tertiary/aromatic N) is 1. The molecule has 22 heavy (non-hydrogen) atoms. The van der Waals surface area contributed by atoms with Crippen LogP contribution in [-0.4, -0.2) is 16.1 Å². The van der Waals surface area contributed by atoms with Gasteiger partial charge in [0.25, 0.3) is 0 Å². The zero-order valence-corrected chi connectivity index (χ0v) is 13.3. The van der Waals surface area contributed by atoms with Gasteiger partial charge in [-0.1, -0.05) is 63.6 Å². The van der Waals surface area contributed by atoms with Gasteiger partial charge < -0.3 is 5.11 Å². The SMILES string of the molecule is CCCCCCCCCc1cc(C(=O)O)c2ccccc2n1. The lowest BCUT2D eigenvalue weighted by atomic mass is 10.0. The normalized spacial score (nSPS) is 11.0. The summed E-state index contributed by atoms with van der Waals surface area (Å²) in [6.45, 7) is 2.23. The van der Waals surface area contributed by atoms with E-state index in [2.05, 4.69) is 11.9 Å². The van der Waals surface area contributed by atoms with Crippen molar-refractivity contribution in [3.05, 3.63) is 41.6 Å². The highest BCUT2D eigenvalue weighted by atomic mass is 16.4. The Morgan fingerprint density at radius 3 is 2.45 bits per heavy atom. The zero-order valence-electron chi connectivity index (χ0n) is 13.3. The molecule has 1 aromatic carbocycles. The average molecular weight is 299 g/mol. The van der Waals surface area contributed by atoms with E-state index < -0.39 is 5.97 Å². The average Bonchev–Trinajstić information content (AvgIpc) is 2.53. The predicted octanol–water partition coefficient (Wildman–Crippen LogP) is 5.23. The quantitative estimate of drug-likeness (QED) is 0.645. The van der Waals surface area contributed by atoms with Crippen LogP contribution < -0.4 is 0 Å². The largest absolute Gasteiger partial charge is 0.478 e. The van der Waals surface area contributed by atoms with E-state index >= 15 is 0 Å². The van der Waals surface area contributed by atoms with Crippen molar-refractivity contribution < 1.29 is 9.90 Å². The van der Waals surface area contributed by atoms with Gasteiger partial charge in [-0.05, 0) is 25.0 Å². The van der Waals surface area contributed by atoms with Crippen molar-refractivity contribution in [1.82, 2.24) is 4.98 Å². The number of carboxylic acids is 1. The molecule has 0 aliphatic heterocycles. The molecule has 0 aliphatic carbocycles. The van der Waals surface area contributed by atoms with Gasteiger partial charge in [0.1, 0.15) is 0 Å². The highest BCUT2D eigenvalue weighted by Crippen LogP contribution is 2.19. The van der Waals surface area contributed by atoms with Crippen LogP contribution in [0.4, 0.5) is 0 Å². The zero-order chi connectivity index (χ0) is 15.8. The van der Waals surface area contributed by atoms with Crippen molar-refractivity contribution in [2.75, 3.05) is 0 Å². The molecule has 0 unspecified atom stereocenters. The van der Waals surface area contributed by atoms with E-state index in [0.717, 1.165) is 29.4 Å². The maximum absolute atomic E-state index is 11.4. The third kappa shape index (κ3) is 4.55. The van der Waals surface area contributed by atoms with E-state index in [1.54, 1.807) is 6.07 Å². The Morgan fingerprint density at radius 1 is 1.05 bits per heavy atom. The van der Waals surface area contributed by atoms with Crippen molar-refractivity contribution in [2.24, 2.45) is 0 Å². The molecule has 118 valence electrons. The van der Waals surface area contributed by atoms with Crippen LogP contribution in [0.5, 0.6) is 0 Å². The molecule has 1 N–H and O–H groups in total. The second-order valence-corrected chi connectivity index (χ2v) is 5.85. The first-order chi connectivity index (χ1) is 10.7. The Hall–Kier alpha value is -1.90. The number of fused-ring (bicyclic) bond motifs is 1. The van der Waals surface area contributed by atoms with Gasteiger partial charge in [0.15, 0.2) is 0 Å². The topological polar surface area (TPSA) is 50.2 Å². The molecule has 0 fully saturated rings. The van der Waals surface area contributed by atoms with Crippen molar-refractivity contribution in [2.45, 2.75) is 58.3 Å². The molecule has 0 amide bonds. The smallest absolute Gasteiger partial charge is 0.336 e. The van der Waals surface area contributed by atoms with E-state index in [-0.39, 0.29) is 0 Å². The number of pyridine rings is 1. The number of aromatic carboxylic acids is 1. The molecule has 0 bridgehead atoms. The van der Waals surface area contributed by atoms with Crippen LogP contribution in [0.2, 0.25) is 0 Å². The summed E-state index contributed by atoms with van der Waals surface area (Å²) < 4.78 is 0. The molecule has 3 nitrogen and oxygen atoms in total. The molecule has 0 saturated carbocycles. The fraction of sp³-hybridized carbons (Fsp3) is 0.474. The minimum atomic E-state index is -0.876. The Kier molecular flexibility index (Phi) is 6.38. The van der Waals surface area contributed by atoms with Crippen LogP contribution in [0, 0.1) is 0 Å². The van der Waals surface area contributed by atoms with Crippen LogP contribution in [0.1, 0.15) is 67.9 Å². The lowest BCUT2D eigenvalue weighted by Gasteiger charge is -2.07. The van der Waals surface area contributed by atoms with Gasteiger partial charge in [-0.15, -0.1) is 0 Å². The van der Waals surface area contributed by atoms with Crippen LogP contribution in [-0.2, 0) is 6.42 Å². The molecule has 0 saturated heterocycles. The summed E-state index contributed by atoms with van der Waals surface area (Å²) in [6.07, 6.45) is 9.63. The van der Waals surface area contributed by atoms with E-state index in [1.807, 2.05) is 24.3 Å². The second kappa shape index (κ2) is 8.52. The van der Waals surface area contributed by atoms with Crippen molar-refractivity contribution in [3.8, 4) is 0 Å². The van der Waals surface area contributed by atoms with Gasteiger partial charge >= 0.3 is 5.97 Å². The molecule has 1 heterocycles. The van der Waals surface area contributed by atoms with Crippen LogP contribution in [0.15, 0.2) is 30.3 Å². The van der Waals surface area contributed by atoms with Gasteiger partial charge in [-0.2, -0.15) is 0 Å². The summed E-state index contributed by atoms with van der Waals surface area (Å²) in [4.78, 5) is 16.0. The third-order valence-electron chi connectivity index (χ3n) is 4.04. The summed E-state index contributed by atoms with van der Waals surface area (Å²) in [5.41, 5.74) is 2.04. The number of unbranched alkanes of at least 4 members (excludes halogenated alkanes) is 6. The van der Waals surface area contributed by atoms with E-state index in [4.69, 9.17) is 0 Å². The summed E-state index contributed by atoms with van der Waals surface area (Å²) in [7, 11) is 0. The molecule has 0 spiro atoms. The molecular weight excluding hydrogens is 274 g/mol. The number of benzene rings is 1. The summed E-state index contributed by atoms with van der Waals surface area (Å²) in [6, 6.07) is 9.20. The number of carbonyl (C=O) groups is 1. The first-order valence-electron chi connectivity index (χ1n) is 8.34. The molecule has 0 atom stereocenters. The lowest BCUT2D eigenvalue weighted by molar-refractivity contribution is 0.0699. The molecule has 2 rings (SSSR count). The maximum Gasteiger partial charge on any atom is 0.336 e. The predicted molar refractivity (Wildman–Crippen MR) is 90.4 cm³/mol. The van der Waals surface area contributed by atoms with E-state index in [9.17, 15) is 9.90 Å². The highest BCUT2D eigenvalue weighted by Gasteiger charge is 2.11. The van der Waals surface area contributed by atoms with Crippen LogP contribution in [0.3, 0.4) is 0 Å². The molecule has 2 aromatic rings. The lowest BCUT2D eigenvalue weighted by Crippen LogP contribution is -2.02. The third-order valence-corrected chi connectivity index (χ3v) is 4.04. The standard InChI is InChI=1S/C19H25NO2/c1-2-3-4-5-6-7-8-11-15-14-17(19(21)22)16-12-9-10-13-18(16)20-15/h9-10,12-14H,2-8,11H2,1H3,(H,21,22). The highest BCUT2D eigenvalue weighted by molar-refractivity contribution is 6.02. The van der Waals surface area contributed by atoms with Gasteiger partial charge in [0, 0.05) is 11.1 Å². The van der Waals surface area contributed by atoms with E-state index in [1.165, 1.54) is 38.5 Å². The van der Waals surface area contributed by atoms with Crippen molar-refractivity contribution >= 4 is 16.9 Å². The molecule has 0 aliphatic rings. The molecular formula is C19H25NO2. The second-order valence-electron chi connectivity index (χ2n) is 5.85. The Labute approximate surface area is 132 Å². The summed E-state index contributed by atoms with van der Waals surface area (Å²) >= 11 is 0. The minimum Gasteiger partial charge on any atom is -0.478 e. The Morgan fingerprint density at radius 2 is 1.73 bits per heavy atom. The molecule has 3 heteroatoms. The van der Waals surface area contributed by atoms with Gasteiger partial charge in [-0.3, -0.25) is 4.98 Å². The van der Waals surface area contributed by atoms with Crippen LogP contribution in [0.25, 0.3) is 10.9 Å². The maximum atomic E-state index is 11.4. The number of hydrogen-bond donors (Lipinski definition) is 1. The van der Waals surface area contributed by atoms with Gasteiger partial charge in [-0.25, -0.2) is 4.79 Å².